The van der Waals surface area contributed by atoms with Crippen LogP contribution in [0.5, 0.6) is 0 Å². The first kappa shape index (κ1) is 66.0. The maximum absolute atomic E-state index is 12.8. The van der Waals surface area contributed by atoms with Gasteiger partial charge in [0, 0.05) is 12.8 Å². The van der Waals surface area contributed by atoms with Crippen LogP contribution >= 0.6 is 0 Å². The van der Waals surface area contributed by atoms with E-state index in [1.165, 1.54) is 212 Å². The van der Waals surface area contributed by atoms with Crippen molar-refractivity contribution in [2.75, 3.05) is 47.5 Å². The Morgan fingerprint density at radius 3 is 1.09 bits per heavy atom. The second-order valence-electron chi connectivity index (χ2n) is 21.3. The van der Waals surface area contributed by atoms with Crippen LogP contribution in [0.25, 0.3) is 0 Å². The van der Waals surface area contributed by atoms with Crippen LogP contribution in [0.3, 0.4) is 0 Å². The standard InChI is InChI=1S/C59H113NO8/c1-6-8-10-12-14-16-18-20-22-24-26-27-28-29-30-31-32-34-35-37-39-41-43-45-47-49-56(61)66-53-55(54-67-59(58(63)64)65-52-51-60(3,4)5)68-57(62)50-48-46-44-42-40-38-36-33-25-23-21-19-17-15-13-11-9-7-2/h23,25,55,59H,6-22,24,26-54H2,1-5H3/b25-23-. The number of carboxylic acid groups (broad SMARTS) is 1. The number of ether oxygens (including phenoxy) is 4. The van der Waals surface area contributed by atoms with Crippen LogP contribution in [-0.2, 0) is 33.3 Å². The molecule has 0 aliphatic heterocycles. The van der Waals surface area contributed by atoms with Crippen molar-refractivity contribution >= 4 is 17.9 Å². The molecule has 0 aromatic rings. The number of hydrogen-bond donors (Lipinski definition) is 0. The molecular formula is C59H113NO8. The normalized spacial score (nSPS) is 12.8. The first-order chi connectivity index (χ1) is 33.1. The van der Waals surface area contributed by atoms with Crippen molar-refractivity contribution in [2.45, 2.75) is 302 Å². The highest BCUT2D eigenvalue weighted by molar-refractivity contribution is 5.70. The smallest absolute Gasteiger partial charge is 0.306 e. The van der Waals surface area contributed by atoms with Crippen molar-refractivity contribution < 1.29 is 42.9 Å². The number of rotatable bonds is 55. The molecule has 0 aliphatic rings. The fourth-order valence-electron chi connectivity index (χ4n) is 8.71. The third kappa shape index (κ3) is 51.9. The summed E-state index contributed by atoms with van der Waals surface area (Å²) in [6.07, 6.45) is 55.5. The van der Waals surface area contributed by atoms with Crippen LogP contribution in [-0.4, -0.2) is 82.3 Å². The highest BCUT2D eigenvalue weighted by Crippen LogP contribution is 2.17. The summed E-state index contributed by atoms with van der Waals surface area (Å²) in [6, 6.07) is 0. The highest BCUT2D eigenvalue weighted by atomic mass is 16.7. The lowest BCUT2D eigenvalue weighted by Gasteiger charge is -2.26. The Bertz CT molecular complexity index is 1120. The quantitative estimate of drug-likeness (QED) is 0.0195. The van der Waals surface area contributed by atoms with Gasteiger partial charge in [0.25, 0.3) is 0 Å². The third-order valence-corrected chi connectivity index (χ3v) is 13.3. The van der Waals surface area contributed by atoms with E-state index in [0.29, 0.717) is 23.9 Å². The van der Waals surface area contributed by atoms with Crippen LogP contribution in [0.4, 0.5) is 0 Å². The number of hydrogen-bond acceptors (Lipinski definition) is 8. The van der Waals surface area contributed by atoms with E-state index in [1.54, 1.807) is 0 Å². The molecule has 9 heteroatoms. The molecule has 0 aliphatic carbocycles. The molecule has 2 atom stereocenters. The lowest BCUT2D eigenvalue weighted by Crippen LogP contribution is -2.44. The van der Waals surface area contributed by atoms with Gasteiger partial charge in [-0.1, -0.05) is 251 Å². The van der Waals surface area contributed by atoms with Gasteiger partial charge >= 0.3 is 11.9 Å². The minimum atomic E-state index is -1.62. The molecule has 0 aromatic carbocycles. The predicted molar refractivity (Wildman–Crippen MR) is 283 cm³/mol. The van der Waals surface area contributed by atoms with E-state index in [-0.39, 0.29) is 32.2 Å². The average molecular weight is 965 g/mol. The monoisotopic (exact) mass is 964 g/mol. The maximum atomic E-state index is 12.8. The molecular weight excluding hydrogens is 851 g/mol. The molecule has 0 fully saturated rings. The third-order valence-electron chi connectivity index (χ3n) is 13.3. The Hall–Kier alpha value is -1.97. The minimum absolute atomic E-state index is 0.150. The van der Waals surface area contributed by atoms with Gasteiger partial charge in [-0.25, -0.2) is 0 Å². The van der Waals surface area contributed by atoms with Gasteiger partial charge in [0.15, 0.2) is 12.4 Å². The Balaban J connectivity index is 4.17. The summed E-state index contributed by atoms with van der Waals surface area (Å²) in [7, 11) is 5.93. The summed E-state index contributed by atoms with van der Waals surface area (Å²) in [4.78, 5) is 37.3. The molecule has 0 N–H and O–H groups in total. The summed E-state index contributed by atoms with van der Waals surface area (Å²) >= 11 is 0. The van der Waals surface area contributed by atoms with Crippen LogP contribution in [0, 0.1) is 0 Å². The minimum Gasteiger partial charge on any atom is -0.545 e. The molecule has 0 bridgehead atoms. The number of nitrogens with zero attached hydrogens (tertiary/aromatic N) is 1. The summed E-state index contributed by atoms with van der Waals surface area (Å²) in [5.74, 6) is -2.27. The van der Waals surface area contributed by atoms with Crippen LogP contribution < -0.4 is 5.11 Å². The first-order valence-corrected chi connectivity index (χ1v) is 29.3. The Labute approximate surface area is 421 Å². The topological polar surface area (TPSA) is 111 Å². The molecule has 402 valence electrons. The molecule has 9 nitrogen and oxygen atoms in total. The van der Waals surface area contributed by atoms with Gasteiger partial charge in [0.1, 0.15) is 13.2 Å². The van der Waals surface area contributed by atoms with Crippen LogP contribution in [0.1, 0.15) is 290 Å². The molecule has 2 unspecified atom stereocenters. The number of carbonyl (C=O) groups is 3. The summed E-state index contributed by atoms with van der Waals surface area (Å²) < 4.78 is 22.7. The number of carboxylic acids is 1. The maximum Gasteiger partial charge on any atom is 0.306 e. The number of aliphatic carboxylic acids is 1. The molecule has 0 saturated carbocycles. The predicted octanol–water partition coefficient (Wildman–Crippen LogP) is 15.6. The van der Waals surface area contributed by atoms with Crippen molar-refractivity contribution in [1.82, 2.24) is 0 Å². The van der Waals surface area contributed by atoms with Gasteiger partial charge in [-0.05, 0) is 38.5 Å². The molecule has 0 rings (SSSR count). The van der Waals surface area contributed by atoms with Gasteiger partial charge in [-0.15, -0.1) is 0 Å². The SMILES string of the molecule is CCCCCCCCC/C=C\CCCCCCCCCC(=O)OC(COC(=O)CCCCCCCCCCCCCCCCCCCCCCCCCCC)COC(OCC[N+](C)(C)C)C(=O)[O-]. The molecule has 0 radical (unpaired) electrons. The second-order valence-corrected chi connectivity index (χ2v) is 21.3. The van der Waals surface area contributed by atoms with Crippen molar-refractivity contribution in [3.63, 3.8) is 0 Å². The van der Waals surface area contributed by atoms with Gasteiger partial charge in [-0.2, -0.15) is 0 Å². The van der Waals surface area contributed by atoms with Gasteiger partial charge in [0.05, 0.1) is 40.3 Å². The van der Waals surface area contributed by atoms with Crippen LogP contribution in [0.15, 0.2) is 12.2 Å². The van der Waals surface area contributed by atoms with E-state index in [9.17, 15) is 19.5 Å². The van der Waals surface area contributed by atoms with Crippen LogP contribution in [0.2, 0.25) is 0 Å². The van der Waals surface area contributed by atoms with E-state index in [0.717, 1.165) is 44.9 Å². The zero-order chi connectivity index (χ0) is 49.9. The second kappa shape index (κ2) is 51.4. The zero-order valence-corrected chi connectivity index (χ0v) is 45.8. The average Bonchev–Trinajstić information content (AvgIpc) is 3.30. The molecule has 0 amide bonds. The molecule has 0 heterocycles. The largest absolute Gasteiger partial charge is 0.545 e. The Morgan fingerprint density at radius 1 is 0.426 bits per heavy atom. The van der Waals surface area contributed by atoms with Crippen molar-refractivity contribution in [2.24, 2.45) is 0 Å². The lowest BCUT2D eigenvalue weighted by molar-refractivity contribution is -0.870. The van der Waals surface area contributed by atoms with Crippen molar-refractivity contribution in [3.05, 3.63) is 12.2 Å². The van der Waals surface area contributed by atoms with E-state index in [1.807, 2.05) is 21.1 Å². The summed E-state index contributed by atoms with van der Waals surface area (Å²) in [5.41, 5.74) is 0. The fraction of sp³-hybridized carbons (Fsp3) is 0.915. The zero-order valence-electron chi connectivity index (χ0n) is 45.8. The van der Waals surface area contributed by atoms with E-state index in [2.05, 4.69) is 26.0 Å². The number of unbranched alkanes of at least 4 members (excludes halogenated alkanes) is 38. The summed E-state index contributed by atoms with van der Waals surface area (Å²) in [6.45, 7) is 4.80. The van der Waals surface area contributed by atoms with Crippen molar-refractivity contribution in [1.29, 1.82) is 0 Å². The highest BCUT2D eigenvalue weighted by Gasteiger charge is 2.22. The molecule has 0 spiro atoms. The Morgan fingerprint density at radius 2 is 0.750 bits per heavy atom. The molecule has 0 saturated heterocycles. The fourth-order valence-corrected chi connectivity index (χ4v) is 8.71. The van der Waals surface area contributed by atoms with Gasteiger partial charge in [0.2, 0.25) is 0 Å². The number of likely N-dealkylation sites (N-methyl/N-ethyl adjacent to an activating group) is 1. The summed E-state index contributed by atoms with van der Waals surface area (Å²) in [5, 5.41) is 11.8. The molecule has 68 heavy (non-hydrogen) atoms. The number of carbonyl (C=O) groups excluding carboxylic acids is 3. The Kier molecular flexibility index (Phi) is 49.9. The lowest BCUT2D eigenvalue weighted by atomic mass is 10.0. The molecule has 0 aromatic heterocycles. The van der Waals surface area contributed by atoms with E-state index >= 15 is 0 Å². The van der Waals surface area contributed by atoms with Gasteiger partial charge in [-0.3, -0.25) is 9.59 Å². The number of esters is 2. The van der Waals surface area contributed by atoms with Crippen molar-refractivity contribution in [3.8, 4) is 0 Å². The number of quaternary nitrogens is 1. The van der Waals surface area contributed by atoms with E-state index < -0.39 is 24.3 Å². The number of allylic oxidation sites excluding steroid dienone is 2. The first-order valence-electron chi connectivity index (χ1n) is 29.3. The van der Waals surface area contributed by atoms with Gasteiger partial charge < -0.3 is 33.3 Å². The van der Waals surface area contributed by atoms with E-state index in [4.69, 9.17) is 18.9 Å².